The summed E-state index contributed by atoms with van der Waals surface area (Å²) in [5, 5.41) is 0. The minimum atomic E-state index is -0.140. The molecule has 25 heavy (non-hydrogen) atoms. The lowest BCUT2D eigenvalue weighted by Gasteiger charge is -2.32. The molecule has 3 atom stereocenters. The molecule has 2 aromatic rings. The molecule has 1 amide bonds. The van der Waals surface area contributed by atoms with Crippen LogP contribution in [-0.4, -0.2) is 57.2 Å². The van der Waals surface area contributed by atoms with Crippen LogP contribution >= 0.6 is 0 Å². The van der Waals surface area contributed by atoms with Gasteiger partial charge in [-0.1, -0.05) is 0 Å². The molecular weight excluding hydrogens is 320 g/mol. The Labute approximate surface area is 146 Å². The third-order valence-corrected chi connectivity index (χ3v) is 4.73. The molecule has 0 bridgehead atoms. The zero-order valence-corrected chi connectivity index (χ0v) is 13.8. The molecule has 0 aliphatic carbocycles. The van der Waals surface area contributed by atoms with Crippen LogP contribution in [0.1, 0.15) is 28.9 Å². The van der Waals surface area contributed by atoms with E-state index >= 15 is 0 Å². The van der Waals surface area contributed by atoms with E-state index in [4.69, 9.17) is 9.47 Å². The lowest BCUT2D eigenvalue weighted by molar-refractivity contribution is -0.0809. The molecule has 130 valence electrons. The highest BCUT2D eigenvalue weighted by Crippen LogP contribution is 2.32. The monoisotopic (exact) mass is 340 g/mol. The highest BCUT2D eigenvalue weighted by molar-refractivity contribution is 5.92. The second kappa shape index (κ2) is 7.25. The van der Waals surface area contributed by atoms with E-state index in [0.717, 1.165) is 18.4 Å². The van der Waals surface area contributed by atoms with Crippen molar-refractivity contribution in [3.63, 3.8) is 0 Å². The quantitative estimate of drug-likeness (QED) is 0.839. The van der Waals surface area contributed by atoms with Crippen molar-refractivity contribution in [1.29, 1.82) is 0 Å². The predicted octanol–water partition coefficient (Wildman–Crippen LogP) is 1.46. The molecule has 0 radical (unpaired) electrons. The van der Waals surface area contributed by atoms with Crippen molar-refractivity contribution in [3.05, 3.63) is 54.4 Å². The van der Waals surface area contributed by atoms with Gasteiger partial charge in [-0.05, 0) is 30.5 Å². The maximum atomic E-state index is 12.8. The molecule has 2 aliphatic rings. The van der Waals surface area contributed by atoms with E-state index in [1.54, 1.807) is 18.6 Å². The van der Waals surface area contributed by atoms with Gasteiger partial charge in [0.15, 0.2) is 0 Å². The van der Waals surface area contributed by atoms with E-state index in [1.807, 2.05) is 17.0 Å². The summed E-state index contributed by atoms with van der Waals surface area (Å²) in [6.07, 6.45) is 9.74. The molecule has 2 saturated heterocycles. The van der Waals surface area contributed by atoms with Gasteiger partial charge >= 0.3 is 0 Å². The lowest BCUT2D eigenvalue weighted by Crippen LogP contribution is -2.44. The number of nitrogens with zero attached hydrogens (tertiary/aromatic N) is 4. The molecule has 4 heterocycles. The number of aromatic nitrogens is 3. The van der Waals surface area contributed by atoms with Gasteiger partial charge in [-0.15, -0.1) is 0 Å². The standard InChI is InChI=1S/C18H20N4O3/c23-18(14-10-20-7-8-21-14)22-11-16(17-15(22)2-1-9-24-17)25-12-13-3-5-19-6-4-13/h3-8,10,15-17H,1-2,9,11-12H2/t15-,16-,17+/m1/s1. The molecule has 0 spiro atoms. The van der Waals surface area contributed by atoms with E-state index in [1.165, 1.54) is 12.4 Å². The summed E-state index contributed by atoms with van der Waals surface area (Å²) in [6.45, 7) is 1.70. The van der Waals surface area contributed by atoms with E-state index in [9.17, 15) is 4.79 Å². The molecule has 0 saturated carbocycles. The highest BCUT2D eigenvalue weighted by atomic mass is 16.5. The first-order valence-corrected chi connectivity index (χ1v) is 8.52. The minimum absolute atomic E-state index is 0.0331. The normalized spacial score (nSPS) is 25.6. The van der Waals surface area contributed by atoms with Crippen molar-refractivity contribution in [2.75, 3.05) is 13.2 Å². The third-order valence-electron chi connectivity index (χ3n) is 4.73. The summed E-state index contributed by atoms with van der Waals surface area (Å²) in [6, 6.07) is 3.89. The van der Waals surface area contributed by atoms with Crippen LogP contribution in [0.5, 0.6) is 0 Å². The number of amides is 1. The lowest BCUT2D eigenvalue weighted by atomic mass is 10.0. The number of ether oxygens (including phenoxy) is 2. The molecule has 2 fully saturated rings. The fourth-order valence-electron chi connectivity index (χ4n) is 3.53. The van der Waals surface area contributed by atoms with Gasteiger partial charge in [0.05, 0.1) is 25.4 Å². The maximum absolute atomic E-state index is 12.8. The highest BCUT2D eigenvalue weighted by Gasteiger charge is 2.47. The Balaban J connectivity index is 1.48. The first-order chi connectivity index (χ1) is 12.3. The smallest absolute Gasteiger partial charge is 0.274 e. The SMILES string of the molecule is O=C(c1cnccn1)N1C[C@@H](OCc2ccncc2)[C@H]2OCCC[C@H]21. The number of carbonyl (C=O) groups is 1. The van der Waals surface area contributed by atoms with Gasteiger partial charge in [-0.2, -0.15) is 0 Å². The number of pyridine rings is 1. The number of hydrogen-bond acceptors (Lipinski definition) is 6. The van der Waals surface area contributed by atoms with Crippen LogP contribution in [0, 0.1) is 0 Å². The van der Waals surface area contributed by atoms with E-state index in [-0.39, 0.29) is 24.2 Å². The Morgan fingerprint density at radius 1 is 1.24 bits per heavy atom. The van der Waals surface area contributed by atoms with Crippen molar-refractivity contribution in [2.24, 2.45) is 0 Å². The van der Waals surface area contributed by atoms with Gasteiger partial charge in [-0.3, -0.25) is 14.8 Å². The first-order valence-electron chi connectivity index (χ1n) is 8.52. The van der Waals surface area contributed by atoms with Gasteiger partial charge in [0.1, 0.15) is 17.9 Å². The molecule has 0 unspecified atom stereocenters. The topological polar surface area (TPSA) is 77.4 Å². The summed E-state index contributed by atoms with van der Waals surface area (Å²) in [5.74, 6) is -0.108. The van der Waals surface area contributed by atoms with Crippen LogP contribution in [0.2, 0.25) is 0 Å². The van der Waals surface area contributed by atoms with Crippen LogP contribution < -0.4 is 0 Å². The molecule has 0 N–H and O–H groups in total. The molecule has 4 rings (SSSR count). The van der Waals surface area contributed by atoms with Crippen LogP contribution in [0.15, 0.2) is 43.1 Å². The molecule has 2 aromatic heterocycles. The molecular formula is C18H20N4O3. The van der Waals surface area contributed by atoms with E-state index in [2.05, 4.69) is 15.0 Å². The average Bonchev–Trinajstić information content (AvgIpc) is 3.06. The number of carbonyl (C=O) groups excluding carboxylic acids is 1. The number of hydrogen-bond donors (Lipinski definition) is 0. The zero-order chi connectivity index (χ0) is 17.1. The zero-order valence-electron chi connectivity index (χ0n) is 13.8. The molecule has 7 nitrogen and oxygen atoms in total. The minimum Gasteiger partial charge on any atom is -0.373 e. The third kappa shape index (κ3) is 3.38. The number of rotatable bonds is 4. The van der Waals surface area contributed by atoms with Crippen LogP contribution in [0.4, 0.5) is 0 Å². The molecule has 2 aliphatic heterocycles. The van der Waals surface area contributed by atoms with E-state index < -0.39 is 0 Å². The second-order valence-electron chi connectivity index (χ2n) is 6.30. The van der Waals surface area contributed by atoms with Gasteiger partial charge in [-0.25, -0.2) is 4.98 Å². The van der Waals surface area contributed by atoms with E-state index in [0.29, 0.717) is 25.5 Å². The predicted molar refractivity (Wildman–Crippen MR) is 88.6 cm³/mol. The average molecular weight is 340 g/mol. The largest absolute Gasteiger partial charge is 0.373 e. The summed E-state index contributed by atoms with van der Waals surface area (Å²) in [7, 11) is 0. The summed E-state index contributed by atoms with van der Waals surface area (Å²) in [5.41, 5.74) is 1.42. The van der Waals surface area contributed by atoms with Crippen molar-refractivity contribution in [1.82, 2.24) is 19.9 Å². The van der Waals surface area contributed by atoms with Crippen molar-refractivity contribution >= 4 is 5.91 Å². The van der Waals surface area contributed by atoms with Crippen molar-refractivity contribution < 1.29 is 14.3 Å². The second-order valence-corrected chi connectivity index (χ2v) is 6.30. The maximum Gasteiger partial charge on any atom is 0.274 e. The van der Waals surface area contributed by atoms with Crippen LogP contribution in [0.3, 0.4) is 0 Å². The summed E-state index contributed by atoms with van der Waals surface area (Å²) < 4.78 is 12.0. The van der Waals surface area contributed by atoms with Crippen molar-refractivity contribution in [3.8, 4) is 0 Å². The number of likely N-dealkylation sites (tertiary alicyclic amines) is 1. The fraction of sp³-hybridized carbons (Fsp3) is 0.444. The Morgan fingerprint density at radius 3 is 2.92 bits per heavy atom. The van der Waals surface area contributed by atoms with Gasteiger partial charge in [0, 0.05) is 31.4 Å². The Morgan fingerprint density at radius 2 is 2.12 bits per heavy atom. The van der Waals surface area contributed by atoms with Crippen LogP contribution in [0.25, 0.3) is 0 Å². The molecule has 0 aromatic carbocycles. The Hall–Kier alpha value is -2.38. The fourth-order valence-corrected chi connectivity index (χ4v) is 3.53. The van der Waals surface area contributed by atoms with Gasteiger partial charge in [0.25, 0.3) is 5.91 Å². The summed E-state index contributed by atoms with van der Waals surface area (Å²) >= 11 is 0. The van der Waals surface area contributed by atoms with Crippen molar-refractivity contribution in [2.45, 2.75) is 37.7 Å². The molecule has 7 heteroatoms. The first kappa shape index (κ1) is 16.1. The Bertz CT molecular complexity index is 713. The van der Waals surface area contributed by atoms with Gasteiger partial charge in [0.2, 0.25) is 0 Å². The van der Waals surface area contributed by atoms with Gasteiger partial charge < -0.3 is 14.4 Å². The number of fused-ring (bicyclic) bond motifs is 1. The van der Waals surface area contributed by atoms with Crippen LogP contribution in [-0.2, 0) is 16.1 Å². The Kier molecular flexibility index (Phi) is 4.67. The summed E-state index contributed by atoms with van der Waals surface area (Å²) in [4.78, 5) is 26.8.